The maximum Gasteiger partial charge on any atom is 0.335 e. The van der Waals surface area contributed by atoms with Crippen molar-refractivity contribution in [2.45, 2.75) is 13.0 Å². The van der Waals surface area contributed by atoms with Crippen LogP contribution < -0.4 is 0 Å². The molecule has 3 aromatic rings. The molecule has 0 atom stereocenters. The van der Waals surface area contributed by atoms with Crippen molar-refractivity contribution >= 4 is 17.0 Å². The third-order valence-corrected chi connectivity index (χ3v) is 3.26. The Morgan fingerprint density at radius 1 is 1.20 bits per heavy atom. The van der Waals surface area contributed by atoms with Gasteiger partial charge in [0.2, 0.25) is 0 Å². The maximum absolute atomic E-state index is 10.9. The zero-order valence-electron chi connectivity index (χ0n) is 10.7. The van der Waals surface area contributed by atoms with Crippen molar-refractivity contribution in [1.29, 1.82) is 0 Å². The Morgan fingerprint density at radius 3 is 2.75 bits per heavy atom. The van der Waals surface area contributed by atoms with Gasteiger partial charge < -0.3 is 9.67 Å². The van der Waals surface area contributed by atoms with Gasteiger partial charge in [0.05, 0.1) is 22.9 Å². The van der Waals surface area contributed by atoms with Gasteiger partial charge in [0.25, 0.3) is 0 Å². The van der Waals surface area contributed by atoms with E-state index in [1.807, 2.05) is 16.7 Å². The fraction of sp³-hybridized carbons (Fsp3) is 0.133. The molecule has 0 fully saturated rings. The van der Waals surface area contributed by atoms with Crippen LogP contribution in [0.5, 0.6) is 0 Å². The van der Waals surface area contributed by atoms with Gasteiger partial charge in [-0.1, -0.05) is 0 Å². The van der Waals surface area contributed by atoms with E-state index in [1.165, 1.54) is 5.56 Å². The van der Waals surface area contributed by atoms with Gasteiger partial charge in [-0.2, -0.15) is 0 Å². The van der Waals surface area contributed by atoms with Crippen LogP contribution >= 0.6 is 0 Å². The molecule has 1 N–H and O–H groups in total. The smallest absolute Gasteiger partial charge is 0.335 e. The van der Waals surface area contributed by atoms with Crippen LogP contribution in [-0.4, -0.2) is 25.6 Å². The summed E-state index contributed by atoms with van der Waals surface area (Å²) in [6.45, 7) is 0.799. The van der Waals surface area contributed by atoms with Crippen LogP contribution in [0.25, 0.3) is 11.0 Å². The Balaban J connectivity index is 1.84. The number of aryl methyl sites for hydroxylation is 2. The minimum atomic E-state index is -0.932. The van der Waals surface area contributed by atoms with Crippen molar-refractivity contribution in [2.75, 3.05) is 0 Å². The molecule has 0 spiro atoms. The average molecular weight is 267 g/mol. The lowest BCUT2D eigenvalue weighted by Gasteiger charge is -2.04. The lowest BCUT2D eigenvalue weighted by Crippen LogP contribution is -2.00. The number of nitrogens with zero attached hydrogens (tertiary/aromatic N) is 3. The molecular weight excluding hydrogens is 254 g/mol. The normalized spacial score (nSPS) is 10.8. The van der Waals surface area contributed by atoms with Crippen molar-refractivity contribution in [3.05, 3.63) is 60.2 Å². The number of pyridine rings is 1. The van der Waals surface area contributed by atoms with Crippen molar-refractivity contribution < 1.29 is 9.90 Å². The standard InChI is InChI=1S/C15H13N3O2/c19-15(20)12-1-2-14-13(9-12)17-10-18(14)8-5-11-3-6-16-7-4-11/h1-4,6-7,9-10H,5,8H2,(H,19,20). The predicted octanol–water partition coefficient (Wildman–Crippen LogP) is 2.37. The third kappa shape index (κ3) is 2.38. The molecule has 0 amide bonds. The number of aromatic nitrogens is 3. The van der Waals surface area contributed by atoms with E-state index in [0.29, 0.717) is 5.52 Å². The van der Waals surface area contributed by atoms with Crippen molar-refractivity contribution in [3.63, 3.8) is 0 Å². The first-order chi connectivity index (χ1) is 9.74. The number of carbonyl (C=O) groups is 1. The van der Waals surface area contributed by atoms with E-state index in [2.05, 4.69) is 9.97 Å². The highest BCUT2D eigenvalue weighted by Gasteiger charge is 2.07. The van der Waals surface area contributed by atoms with Crippen LogP contribution in [0.2, 0.25) is 0 Å². The highest BCUT2D eigenvalue weighted by molar-refractivity contribution is 5.92. The van der Waals surface area contributed by atoms with E-state index in [0.717, 1.165) is 18.5 Å². The molecular formula is C15H13N3O2. The highest BCUT2D eigenvalue weighted by Crippen LogP contribution is 2.15. The zero-order valence-corrected chi connectivity index (χ0v) is 10.7. The summed E-state index contributed by atoms with van der Waals surface area (Å²) in [5.41, 5.74) is 3.13. The number of carboxylic acids is 1. The number of fused-ring (bicyclic) bond motifs is 1. The lowest BCUT2D eigenvalue weighted by atomic mass is 10.2. The summed E-state index contributed by atoms with van der Waals surface area (Å²) in [5, 5.41) is 8.96. The summed E-state index contributed by atoms with van der Waals surface area (Å²) >= 11 is 0. The molecule has 2 aromatic heterocycles. The molecule has 1 aromatic carbocycles. The average Bonchev–Trinajstić information content (AvgIpc) is 2.88. The van der Waals surface area contributed by atoms with Gasteiger partial charge in [0.15, 0.2) is 0 Å². The van der Waals surface area contributed by atoms with Gasteiger partial charge in [0, 0.05) is 18.9 Å². The van der Waals surface area contributed by atoms with Crippen LogP contribution in [0.4, 0.5) is 0 Å². The number of benzene rings is 1. The molecule has 0 saturated carbocycles. The molecule has 0 saturated heterocycles. The van der Waals surface area contributed by atoms with E-state index in [4.69, 9.17) is 5.11 Å². The Kier molecular flexibility index (Phi) is 3.16. The monoisotopic (exact) mass is 267 g/mol. The molecule has 0 aliphatic rings. The first-order valence-electron chi connectivity index (χ1n) is 6.31. The largest absolute Gasteiger partial charge is 0.478 e. The molecule has 5 nitrogen and oxygen atoms in total. The number of rotatable bonds is 4. The van der Waals surface area contributed by atoms with E-state index in [-0.39, 0.29) is 5.56 Å². The molecule has 0 bridgehead atoms. The van der Waals surface area contributed by atoms with Crippen LogP contribution in [0, 0.1) is 0 Å². The predicted molar refractivity (Wildman–Crippen MR) is 74.6 cm³/mol. The fourth-order valence-corrected chi connectivity index (χ4v) is 2.17. The molecule has 0 radical (unpaired) electrons. The third-order valence-electron chi connectivity index (χ3n) is 3.26. The molecule has 100 valence electrons. The van der Waals surface area contributed by atoms with Gasteiger partial charge in [-0.3, -0.25) is 4.98 Å². The van der Waals surface area contributed by atoms with E-state index >= 15 is 0 Å². The minimum Gasteiger partial charge on any atom is -0.478 e. The maximum atomic E-state index is 10.9. The van der Waals surface area contributed by atoms with Crippen LogP contribution in [0.15, 0.2) is 49.1 Å². The lowest BCUT2D eigenvalue weighted by molar-refractivity contribution is 0.0697. The molecule has 5 heteroatoms. The Hall–Kier alpha value is -2.69. The van der Waals surface area contributed by atoms with Crippen molar-refractivity contribution in [1.82, 2.24) is 14.5 Å². The molecule has 2 heterocycles. The molecule has 3 rings (SSSR count). The quantitative estimate of drug-likeness (QED) is 0.788. The highest BCUT2D eigenvalue weighted by atomic mass is 16.4. The summed E-state index contributed by atoms with van der Waals surface area (Å²) < 4.78 is 2.03. The number of imidazole rings is 1. The van der Waals surface area contributed by atoms with Gasteiger partial charge in [0.1, 0.15) is 0 Å². The summed E-state index contributed by atoms with van der Waals surface area (Å²) in [5.74, 6) is -0.932. The van der Waals surface area contributed by atoms with Crippen molar-refractivity contribution in [3.8, 4) is 0 Å². The number of aromatic carboxylic acids is 1. The van der Waals surface area contributed by atoms with Gasteiger partial charge >= 0.3 is 5.97 Å². The van der Waals surface area contributed by atoms with Gasteiger partial charge in [-0.05, 0) is 42.3 Å². The van der Waals surface area contributed by atoms with Crippen LogP contribution in [0.1, 0.15) is 15.9 Å². The van der Waals surface area contributed by atoms with E-state index in [1.54, 1.807) is 36.9 Å². The summed E-state index contributed by atoms with van der Waals surface area (Å²) in [7, 11) is 0. The number of carboxylic acid groups (broad SMARTS) is 1. The van der Waals surface area contributed by atoms with Gasteiger partial charge in [-0.15, -0.1) is 0 Å². The molecule has 0 aliphatic carbocycles. The first kappa shape index (κ1) is 12.3. The number of hydrogen-bond donors (Lipinski definition) is 1. The molecule has 20 heavy (non-hydrogen) atoms. The van der Waals surface area contributed by atoms with Crippen molar-refractivity contribution in [2.24, 2.45) is 0 Å². The second-order valence-corrected chi connectivity index (χ2v) is 4.55. The second-order valence-electron chi connectivity index (χ2n) is 4.55. The fourth-order valence-electron chi connectivity index (χ4n) is 2.17. The van der Waals surface area contributed by atoms with Crippen LogP contribution in [0.3, 0.4) is 0 Å². The Morgan fingerprint density at radius 2 is 2.00 bits per heavy atom. The zero-order chi connectivity index (χ0) is 13.9. The minimum absolute atomic E-state index is 0.261. The van der Waals surface area contributed by atoms with Gasteiger partial charge in [-0.25, -0.2) is 9.78 Å². The van der Waals surface area contributed by atoms with Crippen LogP contribution in [-0.2, 0) is 13.0 Å². The summed E-state index contributed by atoms with van der Waals surface area (Å²) in [4.78, 5) is 19.2. The van der Waals surface area contributed by atoms with E-state index in [9.17, 15) is 4.79 Å². The Labute approximate surface area is 115 Å². The first-order valence-corrected chi connectivity index (χ1v) is 6.31. The summed E-state index contributed by atoms with van der Waals surface area (Å²) in [6.07, 6.45) is 6.19. The van der Waals surface area contributed by atoms with E-state index < -0.39 is 5.97 Å². The molecule has 0 unspecified atom stereocenters. The topological polar surface area (TPSA) is 68.0 Å². The Bertz CT molecular complexity index is 750. The second kappa shape index (κ2) is 5.13. The number of hydrogen-bond acceptors (Lipinski definition) is 3. The SMILES string of the molecule is O=C(O)c1ccc2c(c1)ncn2CCc1ccncc1. The summed E-state index contributed by atoms with van der Waals surface area (Å²) in [6, 6.07) is 8.98. The molecule has 0 aliphatic heterocycles.